The van der Waals surface area contributed by atoms with Crippen molar-refractivity contribution >= 4 is 75.9 Å². The van der Waals surface area contributed by atoms with Gasteiger partial charge in [-0.25, -0.2) is 4.98 Å². The van der Waals surface area contributed by atoms with E-state index in [4.69, 9.17) is 4.98 Å². The summed E-state index contributed by atoms with van der Waals surface area (Å²) in [5.41, 5.74) is 16.4. The van der Waals surface area contributed by atoms with Crippen LogP contribution in [0.5, 0.6) is 0 Å². The average Bonchev–Trinajstić information content (AvgIpc) is 4.04. The Labute approximate surface area is 368 Å². The Bertz CT molecular complexity index is 3820. The molecule has 0 unspecified atom stereocenters. The minimum atomic E-state index is 1.04. The van der Waals surface area contributed by atoms with Crippen LogP contribution >= 0.6 is 11.3 Å². The number of hydrogen-bond donors (Lipinski definition) is 0. The molecule has 13 rings (SSSR count). The van der Waals surface area contributed by atoms with Crippen LogP contribution in [0.1, 0.15) is 0 Å². The summed E-state index contributed by atoms with van der Waals surface area (Å²) in [6, 6.07) is 81.8. The first kappa shape index (κ1) is 35.7. The van der Waals surface area contributed by atoms with Crippen molar-refractivity contribution in [2.24, 2.45) is 0 Å². The molecule has 13 aromatic rings. The lowest BCUT2D eigenvalue weighted by atomic mass is 9.98. The van der Waals surface area contributed by atoms with Crippen LogP contribution in [0.25, 0.3) is 120 Å². The van der Waals surface area contributed by atoms with Crippen molar-refractivity contribution in [3.8, 4) is 55.3 Å². The molecule has 0 saturated heterocycles. The molecule has 0 bridgehead atoms. The van der Waals surface area contributed by atoms with E-state index < -0.39 is 0 Å². The molecule has 0 spiro atoms. The fourth-order valence-corrected chi connectivity index (χ4v) is 10.8. The number of fused-ring (bicyclic) bond motifs is 8. The maximum atomic E-state index is 5.12. The molecule has 294 valence electrons. The van der Waals surface area contributed by atoms with Gasteiger partial charge in [-0.15, -0.1) is 11.3 Å². The normalized spacial score (nSPS) is 11.8. The maximum Gasteiger partial charge on any atom is 0.125 e. The van der Waals surface area contributed by atoms with Gasteiger partial charge in [0.1, 0.15) is 5.01 Å². The van der Waals surface area contributed by atoms with Crippen LogP contribution in [0.2, 0.25) is 0 Å². The summed E-state index contributed by atoms with van der Waals surface area (Å²) in [5, 5.41) is 8.37. The Kier molecular flexibility index (Phi) is 8.08. The van der Waals surface area contributed by atoms with Crippen LogP contribution in [0.4, 0.5) is 0 Å². The van der Waals surface area contributed by atoms with Crippen molar-refractivity contribution in [3.63, 3.8) is 0 Å². The highest BCUT2D eigenvalue weighted by Crippen LogP contribution is 2.42. The van der Waals surface area contributed by atoms with Crippen LogP contribution in [-0.2, 0) is 0 Å². The molecule has 0 aliphatic carbocycles. The zero-order valence-electron chi connectivity index (χ0n) is 34.1. The first-order valence-electron chi connectivity index (χ1n) is 21.4. The number of benzene rings is 10. The number of aromatic nitrogens is 3. The van der Waals surface area contributed by atoms with Crippen molar-refractivity contribution < 1.29 is 0 Å². The summed E-state index contributed by atoms with van der Waals surface area (Å²) in [6.45, 7) is 0. The van der Waals surface area contributed by atoms with Gasteiger partial charge in [-0.1, -0.05) is 146 Å². The molecule has 0 atom stereocenters. The zero-order chi connectivity index (χ0) is 41.4. The number of hydrogen-bond acceptors (Lipinski definition) is 2. The quantitative estimate of drug-likeness (QED) is 0.164. The van der Waals surface area contributed by atoms with Crippen LogP contribution in [0.3, 0.4) is 0 Å². The Morgan fingerprint density at radius 2 is 0.810 bits per heavy atom. The highest BCUT2D eigenvalue weighted by Gasteiger charge is 2.19. The van der Waals surface area contributed by atoms with Gasteiger partial charge < -0.3 is 9.13 Å². The van der Waals surface area contributed by atoms with Gasteiger partial charge in [0.25, 0.3) is 0 Å². The molecule has 3 nitrogen and oxygen atoms in total. The fourth-order valence-electron chi connectivity index (χ4n) is 9.78. The van der Waals surface area contributed by atoms with E-state index in [1.807, 2.05) is 0 Å². The molecule has 3 aromatic heterocycles. The Morgan fingerprint density at radius 3 is 1.41 bits per heavy atom. The lowest BCUT2D eigenvalue weighted by Gasteiger charge is -2.14. The van der Waals surface area contributed by atoms with Gasteiger partial charge in [0.05, 0.1) is 32.3 Å². The number of nitrogens with zero attached hydrogens (tertiary/aromatic N) is 3. The van der Waals surface area contributed by atoms with Crippen molar-refractivity contribution in [3.05, 3.63) is 224 Å². The van der Waals surface area contributed by atoms with Gasteiger partial charge in [-0.05, 0) is 123 Å². The summed E-state index contributed by atoms with van der Waals surface area (Å²) >= 11 is 1.76. The summed E-state index contributed by atoms with van der Waals surface area (Å²) < 4.78 is 6.07. The average molecular weight is 820 g/mol. The van der Waals surface area contributed by atoms with E-state index in [-0.39, 0.29) is 0 Å². The van der Waals surface area contributed by atoms with Crippen molar-refractivity contribution in [2.75, 3.05) is 0 Å². The first-order valence-corrected chi connectivity index (χ1v) is 22.3. The van der Waals surface area contributed by atoms with Gasteiger partial charge in [-0.2, -0.15) is 0 Å². The lowest BCUT2D eigenvalue weighted by Crippen LogP contribution is -1.96. The monoisotopic (exact) mass is 819 g/mol. The first-order chi connectivity index (χ1) is 31.2. The second kappa shape index (κ2) is 14.3. The smallest absolute Gasteiger partial charge is 0.125 e. The van der Waals surface area contributed by atoms with E-state index in [1.54, 1.807) is 11.3 Å². The van der Waals surface area contributed by atoms with E-state index in [0.29, 0.717) is 0 Å². The second-order valence-corrected chi connectivity index (χ2v) is 17.4. The molecule has 3 heterocycles. The molecule has 4 heteroatoms. The molecule has 0 fully saturated rings. The van der Waals surface area contributed by atoms with Crippen molar-refractivity contribution in [1.29, 1.82) is 0 Å². The molecule has 10 aromatic carbocycles. The number of rotatable bonds is 6. The Morgan fingerprint density at radius 1 is 0.317 bits per heavy atom. The summed E-state index contributed by atoms with van der Waals surface area (Å²) in [4.78, 5) is 5.12. The fraction of sp³-hybridized carbons (Fsp3) is 0. The Hall–Kier alpha value is -8.05. The molecule has 63 heavy (non-hydrogen) atoms. The Balaban J connectivity index is 0.974. The summed E-state index contributed by atoms with van der Waals surface area (Å²) in [6.07, 6.45) is 0. The third-order valence-electron chi connectivity index (χ3n) is 12.7. The molecule has 0 N–H and O–H groups in total. The van der Waals surface area contributed by atoms with E-state index >= 15 is 0 Å². The second-order valence-electron chi connectivity index (χ2n) is 16.4. The number of para-hydroxylation sites is 3. The van der Waals surface area contributed by atoms with Gasteiger partial charge in [0, 0.05) is 38.5 Å². The van der Waals surface area contributed by atoms with E-state index in [9.17, 15) is 0 Å². The van der Waals surface area contributed by atoms with E-state index in [2.05, 4.69) is 234 Å². The molecular formula is C59H37N3S. The molecule has 0 saturated carbocycles. The summed E-state index contributed by atoms with van der Waals surface area (Å²) in [7, 11) is 0. The van der Waals surface area contributed by atoms with Crippen LogP contribution in [-0.4, -0.2) is 14.1 Å². The predicted molar refractivity (Wildman–Crippen MR) is 268 cm³/mol. The molecule has 0 amide bonds. The highest BCUT2D eigenvalue weighted by atomic mass is 32.1. The zero-order valence-corrected chi connectivity index (χ0v) is 34.9. The van der Waals surface area contributed by atoms with Crippen molar-refractivity contribution in [1.82, 2.24) is 14.1 Å². The maximum absolute atomic E-state index is 5.12. The van der Waals surface area contributed by atoms with Crippen LogP contribution in [0, 0.1) is 0 Å². The largest absolute Gasteiger partial charge is 0.309 e. The van der Waals surface area contributed by atoms with Crippen molar-refractivity contribution in [2.45, 2.75) is 0 Å². The molecular weight excluding hydrogens is 783 g/mol. The van der Waals surface area contributed by atoms with Crippen LogP contribution in [0.15, 0.2) is 224 Å². The highest BCUT2D eigenvalue weighted by molar-refractivity contribution is 7.21. The van der Waals surface area contributed by atoms with Gasteiger partial charge in [0.2, 0.25) is 0 Å². The molecule has 0 radical (unpaired) electrons. The molecule has 0 aliphatic rings. The topological polar surface area (TPSA) is 22.8 Å². The minimum Gasteiger partial charge on any atom is -0.309 e. The van der Waals surface area contributed by atoms with E-state index in [0.717, 1.165) is 27.5 Å². The number of thiazole rings is 1. The molecule has 0 aliphatic heterocycles. The standard InChI is InChI=1S/C59H37N3S/c1-3-15-38(16-4-1)43-31-44(39-17-5-2-6-18-39)34-45(33-43)61-54-24-12-9-21-48(54)50-35-40(27-29-56(50)61)41-28-30-57-51(36-41)49-22-10-13-25-55(49)62(57)46-32-42-19-7-8-20-47(42)52(37-46)59-60-53-23-11-14-26-58(53)63-59/h1-37H. The third-order valence-corrected chi connectivity index (χ3v) is 13.8. The summed E-state index contributed by atoms with van der Waals surface area (Å²) in [5.74, 6) is 0. The van der Waals surface area contributed by atoms with Gasteiger partial charge in [-0.3, -0.25) is 0 Å². The van der Waals surface area contributed by atoms with Gasteiger partial charge >= 0.3 is 0 Å². The SMILES string of the molecule is c1ccc(-c2cc(-c3ccccc3)cc(-n3c4ccccc4c4cc(-c5ccc6c(c5)c5ccccc5n6-c5cc(-c6nc7ccccc7s6)c6ccccc6c5)ccc43)c2)cc1. The predicted octanol–water partition coefficient (Wildman–Crippen LogP) is 16.3. The van der Waals surface area contributed by atoms with E-state index in [1.165, 1.54) is 92.5 Å². The third kappa shape index (κ3) is 5.84. The van der Waals surface area contributed by atoms with Crippen LogP contribution < -0.4 is 0 Å². The minimum absolute atomic E-state index is 1.04. The van der Waals surface area contributed by atoms with Gasteiger partial charge in [0.15, 0.2) is 0 Å². The lowest BCUT2D eigenvalue weighted by molar-refractivity contribution is 1.18.